The van der Waals surface area contributed by atoms with Gasteiger partial charge in [-0.1, -0.05) is 54.6 Å². The van der Waals surface area contributed by atoms with E-state index >= 15 is 0 Å². The third-order valence-electron chi connectivity index (χ3n) is 7.83. The van der Waals surface area contributed by atoms with Crippen molar-refractivity contribution in [2.75, 3.05) is 19.7 Å². The summed E-state index contributed by atoms with van der Waals surface area (Å²) < 4.78 is 11.3. The summed E-state index contributed by atoms with van der Waals surface area (Å²) in [5.74, 6) is 0.540. The van der Waals surface area contributed by atoms with Gasteiger partial charge >= 0.3 is 5.97 Å². The number of hydrogen-bond acceptors (Lipinski definition) is 5. The first-order chi connectivity index (χ1) is 20.9. The van der Waals surface area contributed by atoms with Gasteiger partial charge in [0.2, 0.25) is 11.8 Å². The smallest absolute Gasteiger partial charge is 0.326 e. The number of amides is 2. The van der Waals surface area contributed by atoms with E-state index in [1.54, 1.807) is 0 Å². The largest absolute Gasteiger partial charge is 0.494 e. The average Bonchev–Trinajstić information content (AvgIpc) is 3.03. The number of carboxylic acid groups (broad SMARTS) is 1. The molecule has 3 aromatic carbocycles. The lowest BCUT2D eigenvalue weighted by molar-refractivity contribution is -0.142. The van der Waals surface area contributed by atoms with Crippen LogP contribution < -0.4 is 14.8 Å². The summed E-state index contributed by atoms with van der Waals surface area (Å²) in [4.78, 5) is 39.2. The number of rotatable bonds is 15. The highest BCUT2D eigenvalue weighted by molar-refractivity contribution is 5.83. The number of hydrogen-bond donors (Lipinski definition) is 2. The molecule has 2 amide bonds. The molecule has 0 spiro atoms. The van der Waals surface area contributed by atoms with Crippen LogP contribution in [0.15, 0.2) is 78.9 Å². The van der Waals surface area contributed by atoms with E-state index in [9.17, 15) is 19.5 Å². The monoisotopic (exact) mass is 586 g/mol. The molecule has 1 atom stereocenters. The molecule has 0 saturated carbocycles. The van der Waals surface area contributed by atoms with Crippen molar-refractivity contribution in [3.63, 3.8) is 0 Å². The van der Waals surface area contributed by atoms with Gasteiger partial charge < -0.3 is 24.8 Å². The Labute approximate surface area is 254 Å². The molecule has 0 bridgehead atoms. The Kier molecular flexibility index (Phi) is 12.0. The predicted molar refractivity (Wildman–Crippen MR) is 165 cm³/mol. The summed E-state index contributed by atoms with van der Waals surface area (Å²) in [7, 11) is 0. The van der Waals surface area contributed by atoms with Gasteiger partial charge in [0.05, 0.1) is 6.61 Å². The molecule has 228 valence electrons. The molecular weight excluding hydrogens is 544 g/mol. The molecular formula is C35H42N2O6. The highest BCUT2D eigenvalue weighted by Crippen LogP contribution is 2.22. The fourth-order valence-corrected chi connectivity index (χ4v) is 5.29. The van der Waals surface area contributed by atoms with Gasteiger partial charge in [-0.15, -0.1) is 0 Å². The minimum Gasteiger partial charge on any atom is -0.494 e. The van der Waals surface area contributed by atoms with Crippen LogP contribution in [0.1, 0.15) is 55.7 Å². The molecule has 1 heterocycles. The molecule has 43 heavy (non-hydrogen) atoms. The van der Waals surface area contributed by atoms with Crippen LogP contribution in [-0.2, 0) is 33.8 Å². The first kappa shape index (κ1) is 31.6. The number of piperidine rings is 1. The van der Waals surface area contributed by atoms with Crippen molar-refractivity contribution in [3.8, 4) is 11.5 Å². The van der Waals surface area contributed by atoms with E-state index in [2.05, 4.69) is 5.32 Å². The van der Waals surface area contributed by atoms with E-state index in [1.807, 2.05) is 90.7 Å². The van der Waals surface area contributed by atoms with Crippen LogP contribution in [0.2, 0.25) is 0 Å². The van der Waals surface area contributed by atoms with Crippen molar-refractivity contribution < 1.29 is 29.0 Å². The topological polar surface area (TPSA) is 105 Å². The first-order valence-electron chi connectivity index (χ1n) is 15.2. The van der Waals surface area contributed by atoms with E-state index in [0.717, 1.165) is 41.0 Å². The maximum absolute atomic E-state index is 12.7. The number of likely N-dealkylation sites (tertiary alicyclic amines) is 1. The zero-order chi connectivity index (χ0) is 30.4. The summed E-state index contributed by atoms with van der Waals surface area (Å²) in [6.45, 7) is 4.28. The van der Waals surface area contributed by atoms with Crippen molar-refractivity contribution in [1.29, 1.82) is 0 Å². The molecule has 1 fully saturated rings. The quantitative estimate of drug-likeness (QED) is 0.246. The summed E-state index contributed by atoms with van der Waals surface area (Å²) in [5.41, 5.74) is 3.16. The van der Waals surface area contributed by atoms with Crippen molar-refractivity contribution in [3.05, 3.63) is 95.6 Å². The number of aliphatic carboxylic acids is 1. The molecule has 1 aliphatic rings. The number of benzene rings is 3. The van der Waals surface area contributed by atoms with Crippen LogP contribution in [0, 0.1) is 5.92 Å². The van der Waals surface area contributed by atoms with Gasteiger partial charge in [-0.3, -0.25) is 9.59 Å². The fourth-order valence-electron chi connectivity index (χ4n) is 5.29. The minimum absolute atomic E-state index is 0.124. The maximum Gasteiger partial charge on any atom is 0.326 e. The normalized spacial score (nSPS) is 14.1. The number of carbonyl (C=O) groups excluding carboxylic acids is 2. The minimum atomic E-state index is -1.04. The molecule has 1 saturated heterocycles. The van der Waals surface area contributed by atoms with Gasteiger partial charge in [-0.2, -0.15) is 0 Å². The lowest BCUT2D eigenvalue weighted by Gasteiger charge is -2.32. The maximum atomic E-state index is 12.7. The van der Waals surface area contributed by atoms with Crippen LogP contribution in [0.4, 0.5) is 0 Å². The fraction of sp³-hybridized carbons (Fsp3) is 0.400. The van der Waals surface area contributed by atoms with Gasteiger partial charge in [-0.05, 0) is 85.9 Å². The number of carboxylic acids is 1. The van der Waals surface area contributed by atoms with E-state index in [0.29, 0.717) is 52.0 Å². The SMILES string of the molecule is CCOc1ccc(CCC(=O)N2CCC(CC(=O)N[C@@H](CCc3ccc(OCc4ccccc4)cc3)C(=O)O)CC2)cc1. The highest BCUT2D eigenvalue weighted by Gasteiger charge is 2.26. The summed E-state index contributed by atoms with van der Waals surface area (Å²) in [5, 5.41) is 12.4. The van der Waals surface area contributed by atoms with Crippen molar-refractivity contribution in [2.45, 2.75) is 64.5 Å². The Hall–Kier alpha value is -4.33. The van der Waals surface area contributed by atoms with Crippen LogP contribution >= 0.6 is 0 Å². The Morgan fingerprint density at radius 2 is 1.44 bits per heavy atom. The van der Waals surface area contributed by atoms with Crippen LogP contribution in [-0.4, -0.2) is 53.5 Å². The Morgan fingerprint density at radius 1 is 0.837 bits per heavy atom. The van der Waals surface area contributed by atoms with Gasteiger partial charge in [-0.25, -0.2) is 4.79 Å². The summed E-state index contributed by atoms with van der Waals surface area (Å²) in [6.07, 6.45) is 3.68. The molecule has 0 unspecified atom stereocenters. The van der Waals surface area contributed by atoms with Crippen LogP contribution in [0.5, 0.6) is 11.5 Å². The van der Waals surface area contributed by atoms with E-state index in [1.165, 1.54) is 0 Å². The van der Waals surface area contributed by atoms with Gasteiger partial charge in [0.25, 0.3) is 0 Å². The second-order valence-electron chi connectivity index (χ2n) is 11.0. The third kappa shape index (κ3) is 10.5. The van der Waals surface area contributed by atoms with E-state index < -0.39 is 12.0 Å². The van der Waals surface area contributed by atoms with Crippen molar-refractivity contribution in [1.82, 2.24) is 10.2 Å². The molecule has 8 nitrogen and oxygen atoms in total. The zero-order valence-electron chi connectivity index (χ0n) is 24.9. The predicted octanol–water partition coefficient (Wildman–Crippen LogP) is 5.43. The molecule has 3 aromatic rings. The van der Waals surface area contributed by atoms with E-state index in [4.69, 9.17) is 9.47 Å². The highest BCUT2D eigenvalue weighted by atomic mass is 16.5. The third-order valence-corrected chi connectivity index (χ3v) is 7.83. The number of nitrogens with one attached hydrogen (secondary N) is 1. The number of ether oxygens (including phenoxy) is 2. The average molecular weight is 587 g/mol. The number of carbonyl (C=O) groups is 3. The van der Waals surface area contributed by atoms with Gasteiger partial charge in [0, 0.05) is 25.9 Å². The van der Waals surface area contributed by atoms with Crippen molar-refractivity contribution >= 4 is 17.8 Å². The number of aryl methyl sites for hydroxylation is 2. The lowest BCUT2D eigenvalue weighted by atomic mass is 9.92. The zero-order valence-corrected chi connectivity index (χ0v) is 24.9. The Morgan fingerprint density at radius 3 is 2.05 bits per heavy atom. The molecule has 1 aliphatic heterocycles. The summed E-state index contributed by atoms with van der Waals surface area (Å²) in [6, 6.07) is 24.4. The Bertz CT molecular complexity index is 1300. The molecule has 0 radical (unpaired) electrons. The molecule has 8 heteroatoms. The molecule has 2 N–H and O–H groups in total. The molecule has 4 rings (SSSR count). The lowest BCUT2D eigenvalue weighted by Crippen LogP contribution is -2.43. The Balaban J connectivity index is 1.14. The standard InChI is InChI=1S/C35H42N2O6/c1-2-42-30-14-8-27(9-15-30)13-19-34(39)37-22-20-28(21-23-37)24-33(38)36-32(35(40)41)18-12-26-10-16-31(17-11-26)43-25-29-6-4-3-5-7-29/h3-11,14-17,28,32H,2,12-13,18-25H2,1H3,(H,36,38)(H,40,41)/t32-/m0/s1. The second-order valence-corrected chi connectivity index (χ2v) is 11.0. The molecule has 0 aliphatic carbocycles. The van der Waals surface area contributed by atoms with E-state index in [-0.39, 0.29) is 24.2 Å². The summed E-state index contributed by atoms with van der Waals surface area (Å²) >= 11 is 0. The van der Waals surface area contributed by atoms with Crippen LogP contribution in [0.3, 0.4) is 0 Å². The number of nitrogens with zero attached hydrogens (tertiary/aromatic N) is 1. The van der Waals surface area contributed by atoms with Crippen LogP contribution in [0.25, 0.3) is 0 Å². The van der Waals surface area contributed by atoms with Gasteiger partial charge in [0.1, 0.15) is 24.1 Å². The second kappa shape index (κ2) is 16.3. The first-order valence-corrected chi connectivity index (χ1v) is 15.2. The van der Waals surface area contributed by atoms with Crippen molar-refractivity contribution in [2.24, 2.45) is 5.92 Å². The van der Waals surface area contributed by atoms with Gasteiger partial charge in [0.15, 0.2) is 0 Å². The molecule has 0 aromatic heterocycles.